The lowest BCUT2D eigenvalue weighted by atomic mass is 9.78. The Morgan fingerprint density at radius 2 is 1.74 bits per heavy atom. The maximum absolute atomic E-state index is 13.6. The molecule has 2 aliphatic carbocycles. The lowest BCUT2D eigenvalue weighted by Crippen LogP contribution is -2.51. The molecular formula is C24H31NO6. The number of amides is 1. The second-order valence-corrected chi connectivity index (χ2v) is 8.75. The van der Waals surface area contributed by atoms with E-state index in [2.05, 4.69) is 0 Å². The average molecular weight is 430 g/mol. The van der Waals surface area contributed by atoms with Gasteiger partial charge in [0.05, 0.1) is 24.7 Å². The minimum Gasteiger partial charge on any atom is -0.427 e. The van der Waals surface area contributed by atoms with Gasteiger partial charge in [0, 0.05) is 7.11 Å². The third-order valence-corrected chi connectivity index (χ3v) is 6.65. The number of nitrogens with zero attached hydrogens (tertiary/aromatic N) is 1. The molecule has 1 heterocycles. The Morgan fingerprint density at radius 1 is 1.10 bits per heavy atom. The molecule has 1 aromatic rings. The topological polar surface area (TPSA) is 74.3 Å². The standard InChI is InChI=1S/C24H31NO6/c1-15-6-5-7-16(2)19(15)20-21(31-23(27)17-8-9-17)24(25(29-4)22(20)26)12-10-18(11-13-24)30-14-28-3/h5-7,17-18H,8-14H2,1-4H3. The molecule has 7 nitrogen and oxygen atoms in total. The fraction of sp³-hybridized carbons (Fsp3) is 0.583. The van der Waals surface area contributed by atoms with Crippen LogP contribution in [0.2, 0.25) is 0 Å². The summed E-state index contributed by atoms with van der Waals surface area (Å²) in [6, 6.07) is 5.91. The second-order valence-electron chi connectivity index (χ2n) is 8.75. The van der Waals surface area contributed by atoms with Crippen LogP contribution in [0.4, 0.5) is 0 Å². The highest BCUT2D eigenvalue weighted by molar-refractivity contribution is 6.23. The Morgan fingerprint density at radius 3 is 2.29 bits per heavy atom. The van der Waals surface area contributed by atoms with Gasteiger partial charge in [0.15, 0.2) is 0 Å². The summed E-state index contributed by atoms with van der Waals surface area (Å²) in [5.41, 5.74) is 2.39. The summed E-state index contributed by atoms with van der Waals surface area (Å²) in [5.74, 6) is -0.132. The monoisotopic (exact) mass is 429 g/mol. The van der Waals surface area contributed by atoms with Crippen LogP contribution in [0.15, 0.2) is 24.0 Å². The van der Waals surface area contributed by atoms with Gasteiger partial charge < -0.3 is 14.2 Å². The molecule has 0 atom stereocenters. The zero-order chi connectivity index (χ0) is 22.2. The van der Waals surface area contributed by atoms with Crippen molar-refractivity contribution in [3.63, 3.8) is 0 Å². The quantitative estimate of drug-likeness (QED) is 0.486. The van der Waals surface area contributed by atoms with Crippen molar-refractivity contribution < 1.29 is 28.6 Å². The molecule has 3 aliphatic rings. The van der Waals surface area contributed by atoms with Gasteiger partial charge in [-0.05, 0) is 69.1 Å². The largest absolute Gasteiger partial charge is 0.427 e. The van der Waals surface area contributed by atoms with Crippen LogP contribution < -0.4 is 0 Å². The summed E-state index contributed by atoms with van der Waals surface area (Å²) in [7, 11) is 3.10. The van der Waals surface area contributed by atoms with Gasteiger partial charge in [0.1, 0.15) is 18.1 Å². The summed E-state index contributed by atoms with van der Waals surface area (Å²) < 4.78 is 16.9. The maximum Gasteiger partial charge on any atom is 0.314 e. The van der Waals surface area contributed by atoms with Gasteiger partial charge in [-0.15, -0.1) is 0 Å². The number of esters is 1. The van der Waals surface area contributed by atoms with Crippen molar-refractivity contribution >= 4 is 17.4 Å². The Kier molecular flexibility index (Phi) is 6.19. The minimum absolute atomic E-state index is 0.0315. The van der Waals surface area contributed by atoms with E-state index in [1.165, 1.54) is 12.2 Å². The van der Waals surface area contributed by atoms with Crippen LogP contribution in [0.3, 0.4) is 0 Å². The number of carbonyl (C=O) groups is 2. The van der Waals surface area contributed by atoms with Crippen molar-refractivity contribution in [1.82, 2.24) is 5.06 Å². The van der Waals surface area contributed by atoms with E-state index < -0.39 is 5.54 Å². The first-order chi connectivity index (χ1) is 14.9. The first kappa shape index (κ1) is 22.0. The van der Waals surface area contributed by atoms with Crippen LogP contribution in [0.5, 0.6) is 0 Å². The number of carbonyl (C=O) groups excluding carboxylic acids is 2. The van der Waals surface area contributed by atoms with Crippen LogP contribution in [0, 0.1) is 19.8 Å². The molecule has 1 aromatic carbocycles. The van der Waals surface area contributed by atoms with Gasteiger partial charge in [0.25, 0.3) is 5.91 Å². The number of aryl methyl sites for hydroxylation is 2. The highest BCUT2D eigenvalue weighted by Crippen LogP contribution is 2.51. The Hall–Kier alpha value is -2.22. The SMILES string of the molecule is COCOC1CCC2(CC1)C(OC(=O)C1CC1)=C(c1c(C)cccc1C)C(=O)N2OC. The van der Waals surface area contributed by atoms with Gasteiger partial charge in [-0.3, -0.25) is 14.4 Å². The molecule has 2 saturated carbocycles. The number of hydrogen-bond acceptors (Lipinski definition) is 6. The lowest BCUT2D eigenvalue weighted by Gasteiger charge is -2.42. The van der Waals surface area contributed by atoms with Crippen molar-refractivity contribution in [3.8, 4) is 0 Å². The number of hydroxylamine groups is 2. The van der Waals surface area contributed by atoms with Gasteiger partial charge in [0.2, 0.25) is 0 Å². The molecule has 2 fully saturated rings. The third-order valence-electron chi connectivity index (χ3n) is 6.65. The van der Waals surface area contributed by atoms with Crippen molar-refractivity contribution in [2.45, 2.75) is 64.0 Å². The Bertz CT molecular complexity index is 875. The molecule has 0 aromatic heterocycles. The van der Waals surface area contributed by atoms with Crippen molar-refractivity contribution in [2.24, 2.45) is 5.92 Å². The van der Waals surface area contributed by atoms with E-state index in [1.807, 2.05) is 32.0 Å². The molecule has 0 bridgehead atoms. The van der Waals surface area contributed by atoms with E-state index >= 15 is 0 Å². The highest BCUT2D eigenvalue weighted by atomic mass is 16.7. The molecule has 0 saturated heterocycles. The van der Waals surface area contributed by atoms with Crippen LogP contribution in [-0.4, -0.2) is 49.6 Å². The predicted octanol–water partition coefficient (Wildman–Crippen LogP) is 3.67. The molecule has 1 spiro atoms. The van der Waals surface area contributed by atoms with Crippen molar-refractivity contribution in [2.75, 3.05) is 21.0 Å². The van der Waals surface area contributed by atoms with E-state index in [1.54, 1.807) is 7.11 Å². The first-order valence-corrected chi connectivity index (χ1v) is 10.9. The van der Waals surface area contributed by atoms with Crippen LogP contribution >= 0.6 is 0 Å². The fourth-order valence-electron chi connectivity index (χ4n) is 4.88. The third kappa shape index (κ3) is 3.90. The van der Waals surface area contributed by atoms with Crippen LogP contribution in [0.25, 0.3) is 5.57 Å². The summed E-state index contributed by atoms with van der Waals surface area (Å²) in [6.45, 7) is 4.18. The predicted molar refractivity (Wildman–Crippen MR) is 113 cm³/mol. The summed E-state index contributed by atoms with van der Waals surface area (Å²) >= 11 is 0. The normalized spacial score (nSPS) is 26.1. The van der Waals surface area contributed by atoms with E-state index in [4.69, 9.17) is 19.0 Å². The molecule has 0 N–H and O–H groups in total. The Labute approximate surface area is 183 Å². The molecule has 31 heavy (non-hydrogen) atoms. The zero-order valence-electron chi connectivity index (χ0n) is 18.7. The van der Waals surface area contributed by atoms with E-state index in [9.17, 15) is 9.59 Å². The smallest absolute Gasteiger partial charge is 0.314 e. The highest BCUT2D eigenvalue weighted by Gasteiger charge is 2.57. The first-order valence-electron chi connectivity index (χ1n) is 10.9. The molecule has 7 heteroatoms. The maximum atomic E-state index is 13.6. The van der Waals surface area contributed by atoms with Crippen LogP contribution in [-0.2, 0) is 28.6 Å². The fourth-order valence-corrected chi connectivity index (χ4v) is 4.88. The minimum atomic E-state index is -0.812. The van der Waals surface area contributed by atoms with Crippen LogP contribution in [0.1, 0.15) is 55.2 Å². The summed E-state index contributed by atoms with van der Waals surface area (Å²) in [6.07, 6.45) is 4.30. The van der Waals surface area contributed by atoms with E-state index in [0.29, 0.717) is 37.0 Å². The number of methoxy groups -OCH3 is 1. The van der Waals surface area contributed by atoms with Crippen molar-refractivity contribution in [1.29, 1.82) is 0 Å². The molecule has 0 unspecified atom stereocenters. The Balaban J connectivity index is 1.79. The molecule has 168 valence electrons. The summed E-state index contributed by atoms with van der Waals surface area (Å²) in [5, 5.41) is 1.43. The van der Waals surface area contributed by atoms with Gasteiger partial charge in [-0.1, -0.05) is 18.2 Å². The number of hydrogen-bond donors (Lipinski definition) is 0. The average Bonchev–Trinajstić information content (AvgIpc) is 3.57. The molecule has 1 amide bonds. The number of ether oxygens (including phenoxy) is 3. The molecule has 4 rings (SSSR count). The lowest BCUT2D eigenvalue weighted by molar-refractivity contribution is -0.208. The number of rotatable bonds is 7. The van der Waals surface area contributed by atoms with Gasteiger partial charge in [-0.2, -0.15) is 0 Å². The van der Waals surface area contributed by atoms with Gasteiger partial charge >= 0.3 is 5.97 Å². The van der Waals surface area contributed by atoms with E-state index in [0.717, 1.165) is 29.5 Å². The zero-order valence-corrected chi connectivity index (χ0v) is 18.7. The molecule has 0 radical (unpaired) electrons. The second kappa shape index (κ2) is 8.73. The molecular weight excluding hydrogens is 398 g/mol. The van der Waals surface area contributed by atoms with Crippen molar-refractivity contribution in [3.05, 3.63) is 40.6 Å². The van der Waals surface area contributed by atoms with Gasteiger partial charge in [-0.25, -0.2) is 5.06 Å². The molecule has 1 aliphatic heterocycles. The summed E-state index contributed by atoms with van der Waals surface area (Å²) in [4.78, 5) is 32.1. The van der Waals surface area contributed by atoms with E-state index in [-0.39, 0.29) is 30.7 Å². The number of benzene rings is 1.